The van der Waals surface area contributed by atoms with E-state index in [1.165, 1.54) is 24.1 Å². The highest BCUT2D eigenvalue weighted by Gasteiger charge is 2.14. The molecule has 0 saturated heterocycles. The van der Waals surface area contributed by atoms with Crippen molar-refractivity contribution in [2.45, 2.75) is 17.9 Å². The van der Waals surface area contributed by atoms with Gasteiger partial charge in [0.05, 0.1) is 11.9 Å². The molecule has 84 valence electrons. The summed E-state index contributed by atoms with van der Waals surface area (Å²) in [6.45, 7) is 1.63. The van der Waals surface area contributed by atoms with Crippen molar-refractivity contribution in [3.8, 4) is 0 Å². The molecule has 0 bridgehead atoms. The van der Waals surface area contributed by atoms with Gasteiger partial charge in [0.1, 0.15) is 23.3 Å². The van der Waals surface area contributed by atoms with E-state index >= 15 is 0 Å². The first-order valence-electron chi connectivity index (χ1n) is 4.51. The second kappa shape index (κ2) is 4.44. The molecule has 6 heteroatoms. The van der Waals surface area contributed by atoms with E-state index in [2.05, 4.69) is 4.98 Å². The fourth-order valence-corrected chi connectivity index (χ4v) is 1.91. The molecule has 0 amide bonds. The summed E-state index contributed by atoms with van der Waals surface area (Å²) in [6, 6.07) is 1.52. The molecule has 0 spiro atoms. The van der Waals surface area contributed by atoms with Crippen molar-refractivity contribution >= 4 is 17.7 Å². The number of carboxylic acid groups (broad SMARTS) is 1. The monoisotopic (exact) mass is 239 g/mol. The van der Waals surface area contributed by atoms with Gasteiger partial charge in [0.15, 0.2) is 0 Å². The maximum atomic E-state index is 10.8. The zero-order valence-electron chi connectivity index (χ0n) is 8.47. The van der Waals surface area contributed by atoms with Crippen molar-refractivity contribution in [3.05, 3.63) is 35.6 Å². The molecule has 0 fully saturated rings. The van der Waals surface area contributed by atoms with Crippen LogP contribution in [0, 0.1) is 6.92 Å². The van der Waals surface area contributed by atoms with Gasteiger partial charge in [0.25, 0.3) is 5.22 Å². The third kappa shape index (κ3) is 2.27. The summed E-state index contributed by atoms with van der Waals surface area (Å²) in [5, 5.41) is 9.37. The van der Waals surface area contributed by atoms with Gasteiger partial charge in [0, 0.05) is 0 Å². The minimum absolute atomic E-state index is 0.197. The lowest BCUT2D eigenvalue weighted by Gasteiger charge is -1.91. The average Bonchev–Trinajstić information content (AvgIpc) is 2.83. The van der Waals surface area contributed by atoms with Crippen LogP contribution in [0.3, 0.4) is 0 Å². The van der Waals surface area contributed by atoms with Crippen molar-refractivity contribution < 1.29 is 18.7 Å². The second-order valence-corrected chi connectivity index (χ2v) is 4.00. The van der Waals surface area contributed by atoms with E-state index in [4.69, 9.17) is 13.9 Å². The number of hydrogen-bond acceptors (Lipinski definition) is 5. The number of furan rings is 1. The van der Waals surface area contributed by atoms with Gasteiger partial charge in [0.2, 0.25) is 0 Å². The summed E-state index contributed by atoms with van der Waals surface area (Å²) in [5.74, 6) is 0.525. The lowest BCUT2D eigenvalue weighted by Crippen LogP contribution is -1.94. The van der Waals surface area contributed by atoms with Crippen LogP contribution in [0.15, 0.2) is 32.6 Å². The van der Waals surface area contributed by atoms with Crippen molar-refractivity contribution in [1.82, 2.24) is 4.98 Å². The lowest BCUT2D eigenvalue weighted by molar-refractivity contribution is 0.0695. The summed E-state index contributed by atoms with van der Waals surface area (Å²) < 4.78 is 10.3. The Morgan fingerprint density at radius 2 is 2.44 bits per heavy atom. The Bertz CT molecular complexity index is 489. The predicted molar refractivity (Wildman–Crippen MR) is 56.5 cm³/mol. The molecule has 0 aromatic carbocycles. The summed E-state index contributed by atoms with van der Waals surface area (Å²) in [7, 11) is 0. The van der Waals surface area contributed by atoms with Crippen molar-refractivity contribution in [1.29, 1.82) is 0 Å². The van der Waals surface area contributed by atoms with Gasteiger partial charge in [-0.25, -0.2) is 9.78 Å². The fraction of sp³-hybridized carbons (Fsp3) is 0.200. The van der Waals surface area contributed by atoms with Crippen LogP contribution in [-0.4, -0.2) is 16.1 Å². The molecule has 16 heavy (non-hydrogen) atoms. The number of aryl methyl sites for hydroxylation is 1. The SMILES string of the molecule is Cc1oc(CSc2ncco2)cc1C(=O)O. The molecule has 2 rings (SSSR count). The standard InChI is InChI=1S/C10H9NO4S/c1-6-8(9(12)13)4-7(15-6)5-16-10-11-2-3-14-10/h2-4H,5H2,1H3,(H,12,13). The van der Waals surface area contributed by atoms with Crippen LogP contribution in [0.25, 0.3) is 0 Å². The molecule has 2 heterocycles. The van der Waals surface area contributed by atoms with E-state index in [1.54, 1.807) is 13.1 Å². The highest BCUT2D eigenvalue weighted by molar-refractivity contribution is 7.98. The van der Waals surface area contributed by atoms with Gasteiger partial charge in [-0.1, -0.05) is 11.8 Å². The van der Waals surface area contributed by atoms with E-state index in [-0.39, 0.29) is 5.56 Å². The Labute approximate surface area is 95.5 Å². The molecule has 0 aliphatic heterocycles. The number of thioether (sulfide) groups is 1. The van der Waals surface area contributed by atoms with Crippen LogP contribution >= 0.6 is 11.8 Å². The van der Waals surface area contributed by atoms with Gasteiger partial charge < -0.3 is 13.9 Å². The number of oxazole rings is 1. The highest BCUT2D eigenvalue weighted by Crippen LogP contribution is 2.24. The molecule has 5 nitrogen and oxygen atoms in total. The van der Waals surface area contributed by atoms with Gasteiger partial charge in [-0.2, -0.15) is 0 Å². The maximum Gasteiger partial charge on any atom is 0.339 e. The first-order chi connectivity index (χ1) is 7.66. The van der Waals surface area contributed by atoms with Crippen LogP contribution in [0.4, 0.5) is 0 Å². The van der Waals surface area contributed by atoms with Crippen molar-refractivity contribution in [3.63, 3.8) is 0 Å². The minimum atomic E-state index is -0.978. The molecule has 0 aliphatic carbocycles. The number of aromatic carboxylic acids is 1. The summed E-state index contributed by atoms with van der Waals surface area (Å²) >= 11 is 1.35. The normalized spacial score (nSPS) is 10.6. The minimum Gasteiger partial charge on any atom is -0.478 e. The third-order valence-electron chi connectivity index (χ3n) is 1.95. The zero-order valence-corrected chi connectivity index (χ0v) is 9.28. The molecule has 1 N–H and O–H groups in total. The summed E-state index contributed by atoms with van der Waals surface area (Å²) in [6.07, 6.45) is 3.04. The molecule has 0 unspecified atom stereocenters. The Hall–Kier alpha value is -1.69. The predicted octanol–water partition coefficient (Wildman–Crippen LogP) is 2.57. The topological polar surface area (TPSA) is 76.5 Å². The van der Waals surface area contributed by atoms with Gasteiger partial charge in [-0.15, -0.1) is 0 Å². The van der Waals surface area contributed by atoms with E-state index in [9.17, 15) is 4.79 Å². The quantitative estimate of drug-likeness (QED) is 0.826. The lowest BCUT2D eigenvalue weighted by atomic mass is 10.2. The number of carboxylic acids is 1. The summed E-state index contributed by atoms with van der Waals surface area (Å²) in [5.41, 5.74) is 0.197. The Morgan fingerprint density at radius 3 is 3.00 bits per heavy atom. The molecular formula is C10H9NO4S. The first kappa shape index (κ1) is 10.8. The summed E-state index contributed by atoms with van der Waals surface area (Å²) in [4.78, 5) is 14.7. The van der Waals surface area contributed by atoms with Crippen LogP contribution in [0.2, 0.25) is 0 Å². The molecule has 0 aliphatic rings. The molecule has 2 aromatic rings. The average molecular weight is 239 g/mol. The molecule has 0 radical (unpaired) electrons. The fourth-order valence-electron chi connectivity index (χ4n) is 1.24. The Morgan fingerprint density at radius 1 is 1.62 bits per heavy atom. The molecule has 0 saturated carbocycles. The Kier molecular flexibility index (Phi) is 3.00. The number of rotatable bonds is 4. The second-order valence-electron chi connectivity index (χ2n) is 3.07. The number of aromatic nitrogens is 1. The van der Waals surface area contributed by atoms with E-state index in [1.807, 2.05) is 0 Å². The number of hydrogen-bond donors (Lipinski definition) is 1. The van der Waals surface area contributed by atoms with Crippen LogP contribution in [0.1, 0.15) is 21.9 Å². The van der Waals surface area contributed by atoms with Crippen LogP contribution < -0.4 is 0 Å². The van der Waals surface area contributed by atoms with E-state index < -0.39 is 5.97 Å². The zero-order chi connectivity index (χ0) is 11.5. The Balaban J connectivity index is 2.05. The smallest absolute Gasteiger partial charge is 0.339 e. The molecular weight excluding hydrogens is 230 g/mol. The largest absolute Gasteiger partial charge is 0.478 e. The van der Waals surface area contributed by atoms with Gasteiger partial charge in [-0.3, -0.25) is 0 Å². The van der Waals surface area contributed by atoms with Gasteiger partial charge >= 0.3 is 5.97 Å². The maximum absolute atomic E-state index is 10.8. The molecule has 0 atom stereocenters. The molecule has 2 aromatic heterocycles. The number of carbonyl (C=O) groups is 1. The van der Waals surface area contributed by atoms with E-state index in [0.717, 1.165) is 0 Å². The van der Waals surface area contributed by atoms with Gasteiger partial charge in [-0.05, 0) is 13.0 Å². The van der Waals surface area contributed by atoms with E-state index in [0.29, 0.717) is 22.5 Å². The van der Waals surface area contributed by atoms with Crippen LogP contribution in [0.5, 0.6) is 0 Å². The highest BCUT2D eigenvalue weighted by atomic mass is 32.2. The van der Waals surface area contributed by atoms with Crippen molar-refractivity contribution in [2.24, 2.45) is 0 Å². The first-order valence-corrected chi connectivity index (χ1v) is 5.50. The third-order valence-corrected chi connectivity index (χ3v) is 2.82. The van der Waals surface area contributed by atoms with Crippen molar-refractivity contribution in [2.75, 3.05) is 0 Å². The number of nitrogens with zero attached hydrogens (tertiary/aromatic N) is 1. The van der Waals surface area contributed by atoms with Crippen LogP contribution in [-0.2, 0) is 5.75 Å².